The maximum atomic E-state index is 6.02. The molecule has 1 aliphatic carbocycles. The smallest absolute Gasteiger partial charge is 0.0455 e. The van der Waals surface area contributed by atoms with Crippen molar-refractivity contribution in [3.8, 4) is 0 Å². The Morgan fingerprint density at radius 3 is 2.94 bits per heavy atom. The normalized spacial score (nSPS) is 25.8. The van der Waals surface area contributed by atoms with Gasteiger partial charge in [-0.2, -0.15) is 0 Å². The van der Waals surface area contributed by atoms with Crippen LogP contribution in [0, 0.1) is 0 Å². The van der Waals surface area contributed by atoms with Crippen molar-refractivity contribution in [2.24, 2.45) is 5.73 Å². The van der Waals surface area contributed by atoms with Crippen LogP contribution in [0.3, 0.4) is 0 Å². The second kappa shape index (κ2) is 4.06. The van der Waals surface area contributed by atoms with Gasteiger partial charge in [0.15, 0.2) is 0 Å². The monoisotopic (exact) mass is 217 g/mol. The minimum atomic E-state index is 0.339. The van der Waals surface area contributed by atoms with E-state index in [1.54, 1.807) is 0 Å². The van der Waals surface area contributed by atoms with Gasteiger partial charge in [-0.05, 0) is 37.8 Å². The van der Waals surface area contributed by atoms with E-state index in [9.17, 15) is 0 Å². The highest BCUT2D eigenvalue weighted by molar-refractivity contribution is 5.48. The number of aromatic nitrogens is 1. The van der Waals surface area contributed by atoms with Crippen LogP contribution in [0.2, 0.25) is 0 Å². The van der Waals surface area contributed by atoms with E-state index >= 15 is 0 Å². The summed E-state index contributed by atoms with van der Waals surface area (Å²) in [7, 11) is 0. The van der Waals surface area contributed by atoms with Gasteiger partial charge in [-0.25, -0.2) is 0 Å². The summed E-state index contributed by atoms with van der Waals surface area (Å²) < 4.78 is 0. The molecule has 0 bridgehead atoms. The fraction of sp³-hybridized carbons (Fsp3) is 0.615. The van der Waals surface area contributed by atoms with Gasteiger partial charge in [-0.15, -0.1) is 0 Å². The van der Waals surface area contributed by atoms with Crippen molar-refractivity contribution in [3.63, 3.8) is 0 Å². The fourth-order valence-corrected chi connectivity index (χ4v) is 2.48. The van der Waals surface area contributed by atoms with Crippen molar-refractivity contribution in [3.05, 3.63) is 24.0 Å². The predicted octanol–water partition coefficient (Wildman–Crippen LogP) is 1.89. The summed E-state index contributed by atoms with van der Waals surface area (Å²) in [6, 6.07) is 4.71. The minimum Gasteiger partial charge on any atom is -0.370 e. The second-order valence-electron chi connectivity index (χ2n) is 5.06. The van der Waals surface area contributed by atoms with Gasteiger partial charge < -0.3 is 10.6 Å². The SMILES string of the molecule is NC1CCCN(c2ccnc(C3CC3)c2)C1. The van der Waals surface area contributed by atoms with Crippen LogP contribution in [-0.4, -0.2) is 24.1 Å². The molecule has 1 saturated heterocycles. The molecule has 1 unspecified atom stereocenters. The van der Waals surface area contributed by atoms with Crippen LogP contribution in [-0.2, 0) is 0 Å². The zero-order chi connectivity index (χ0) is 11.0. The molecule has 2 fully saturated rings. The highest BCUT2D eigenvalue weighted by Gasteiger charge is 2.26. The molecule has 0 spiro atoms. The maximum Gasteiger partial charge on any atom is 0.0455 e. The molecule has 2 aliphatic rings. The Hall–Kier alpha value is -1.09. The third kappa shape index (κ3) is 2.05. The molecule has 1 aromatic rings. The van der Waals surface area contributed by atoms with Gasteiger partial charge >= 0.3 is 0 Å². The minimum absolute atomic E-state index is 0.339. The Balaban J connectivity index is 1.79. The zero-order valence-corrected chi connectivity index (χ0v) is 9.60. The molecule has 3 rings (SSSR count). The number of nitrogens with zero attached hydrogens (tertiary/aromatic N) is 2. The zero-order valence-electron chi connectivity index (χ0n) is 9.60. The van der Waals surface area contributed by atoms with Crippen molar-refractivity contribution < 1.29 is 0 Å². The van der Waals surface area contributed by atoms with Gasteiger partial charge in [-0.3, -0.25) is 4.98 Å². The summed E-state index contributed by atoms with van der Waals surface area (Å²) in [5, 5.41) is 0. The van der Waals surface area contributed by atoms with Crippen molar-refractivity contribution in [2.45, 2.75) is 37.6 Å². The van der Waals surface area contributed by atoms with Crippen molar-refractivity contribution in [1.29, 1.82) is 0 Å². The summed E-state index contributed by atoms with van der Waals surface area (Å²) in [6.45, 7) is 2.13. The van der Waals surface area contributed by atoms with E-state index in [4.69, 9.17) is 5.73 Å². The number of hydrogen-bond donors (Lipinski definition) is 1. The van der Waals surface area contributed by atoms with Crippen LogP contribution >= 0.6 is 0 Å². The standard InChI is InChI=1S/C13H19N3/c14-11-2-1-7-16(9-11)12-5-6-15-13(8-12)10-3-4-10/h5-6,8,10-11H,1-4,7,9,14H2. The van der Waals surface area contributed by atoms with E-state index in [0.717, 1.165) is 25.4 Å². The number of piperidine rings is 1. The molecule has 86 valence electrons. The van der Waals surface area contributed by atoms with Gasteiger partial charge in [-0.1, -0.05) is 0 Å². The van der Waals surface area contributed by atoms with Crippen molar-refractivity contribution in [2.75, 3.05) is 18.0 Å². The molecule has 16 heavy (non-hydrogen) atoms. The molecule has 3 heteroatoms. The number of rotatable bonds is 2. The highest BCUT2D eigenvalue weighted by Crippen LogP contribution is 2.39. The molecule has 1 atom stereocenters. The molecule has 3 nitrogen and oxygen atoms in total. The number of anilines is 1. The van der Waals surface area contributed by atoms with Crippen LogP contribution in [0.5, 0.6) is 0 Å². The molecule has 2 N–H and O–H groups in total. The third-order valence-corrected chi connectivity index (χ3v) is 3.58. The lowest BCUT2D eigenvalue weighted by molar-refractivity contribution is 0.506. The van der Waals surface area contributed by atoms with Crippen molar-refractivity contribution in [1.82, 2.24) is 4.98 Å². The third-order valence-electron chi connectivity index (χ3n) is 3.58. The number of pyridine rings is 1. The lowest BCUT2D eigenvalue weighted by Gasteiger charge is -2.32. The van der Waals surface area contributed by atoms with Gasteiger partial charge in [0, 0.05) is 42.6 Å². The lowest BCUT2D eigenvalue weighted by Crippen LogP contribution is -2.42. The Morgan fingerprint density at radius 2 is 2.19 bits per heavy atom. The topological polar surface area (TPSA) is 42.1 Å². The van der Waals surface area contributed by atoms with Crippen LogP contribution < -0.4 is 10.6 Å². The molecule has 0 aromatic carbocycles. The van der Waals surface area contributed by atoms with E-state index < -0.39 is 0 Å². The molecule has 1 aliphatic heterocycles. The first-order valence-electron chi connectivity index (χ1n) is 6.29. The molecule has 2 heterocycles. The molecule has 0 radical (unpaired) electrons. The van der Waals surface area contributed by atoms with Crippen LogP contribution in [0.1, 0.15) is 37.3 Å². The summed E-state index contributed by atoms with van der Waals surface area (Å²) in [5.41, 5.74) is 8.60. The average Bonchev–Trinajstić information content (AvgIpc) is 3.13. The van der Waals surface area contributed by atoms with E-state index in [1.165, 1.54) is 30.6 Å². The first-order chi connectivity index (χ1) is 7.83. The average molecular weight is 217 g/mol. The summed E-state index contributed by atoms with van der Waals surface area (Å²) in [5.74, 6) is 0.735. The van der Waals surface area contributed by atoms with Gasteiger partial charge in [0.2, 0.25) is 0 Å². The molecule has 0 amide bonds. The Kier molecular flexibility index (Phi) is 2.56. The largest absolute Gasteiger partial charge is 0.370 e. The highest BCUT2D eigenvalue weighted by atomic mass is 15.1. The second-order valence-corrected chi connectivity index (χ2v) is 5.06. The van der Waals surface area contributed by atoms with Crippen LogP contribution in [0.15, 0.2) is 18.3 Å². The first-order valence-corrected chi connectivity index (χ1v) is 6.29. The molecule has 1 saturated carbocycles. The van der Waals surface area contributed by atoms with E-state index in [1.807, 2.05) is 6.20 Å². The Labute approximate surface area is 96.7 Å². The first kappa shape index (κ1) is 10.1. The summed E-state index contributed by atoms with van der Waals surface area (Å²) in [6.07, 6.45) is 6.95. The quantitative estimate of drug-likeness (QED) is 0.822. The van der Waals surface area contributed by atoms with Gasteiger partial charge in [0.1, 0.15) is 0 Å². The molecule has 1 aromatic heterocycles. The van der Waals surface area contributed by atoms with Crippen LogP contribution in [0.4, 0.5) is 5.69 Å². The van der Waals surface area contributed by atoms with Gasteiger partial charge in [0.05, 0.1) is 0 Å². The van der Waals surface area contributed by atoms with Gasteiger partial charge in [0.25, 0.3) is 0 Å². The lowest BCUT2D eigenvalue weighted by atomic mass is 10.1. The molecular formula is C13H19N3. The van der Waals surface area contributed by atoms with E-state index in [0.29, 0.717) is 6.04 Å². The maximum absolute atomic E-state index is 6.02. The fourth-order valence-electron chi connectivity index (χ4n) is 2.48. The molecular weight excluding hydrogens is 198 g/mol. The van der Waals surface area contributed by atoms with Crippen LogP contribution in [0.25, 0.3) is 0 Å². The summed E-state index contributed by atoms with van der Waals surface area (Å²) in [4.78, 5) is 6.86. The number of hydrogen-bond acceptors (Lipinski definition) is 3. The Morgan fingerprint density at radius 1 is 1.31 bits per heavy atom. The predicted molar refractivity (Wildman–Crippen MR) is 65.6 cm³/mol. The van der Waals surface area contributed by atoms with Crippen molar-refractivity contribution >= 4 is 5.69 Å². The Bertz CT molecular complexity index is 373. The van der Waals surface area contributed by atoms with E-state index in [-0.39, 0.29) is 0 Å². The van der Waals surface area contributed by atoms with E-state index in [2.05, 4.69) is 22.0 Å². The summed E-state index contributed by atoms with van der Waals surface area (Å²) >= 11 is 0. The number of nitrogens with two attached hydrogens (primary N) is 1.